The molecule has 152 valence electrons. The maximum absolute atomic E-state index is 5.44. The second-order valence-corrected chi connectivity index (χ2v) is 7.66. The number of thiophene rings is 1. The van der Waals surface area contributed by atoms with E-state index in [9.17, 15) is 0 Å². The van der Waals surface area contributed by atoms with Crippen LogP contribution >= 0.6 is 11.3 Å². The summed E-state index contributed by atoms with van der Waals surface area (Å²) in [6, 6.07) is 9.74. The summed E-state index contributed by atoms with van der Waals surface area (Å²) >= 11 is 1.63. The molecule has 1 saturated heterocycles. The molecule has 1 N–H and O–H groups in total. The Balaban J connectivity index is 1.48. The molecule has 1 aliphatic rings. The van der Waals surface area contributed by atoms with E-state index in [4.69, 9.17) is 19.1 Å². The van der Waals surface area contributed by atoms with Crippen LogP contribution in [0.3, 0.4) is 0 Å². The fourth-order valence-electron chi connectivity index (χ4n) is 3.25. The Labute approximate surface area is 177 Å². The smallest absolute Gasteiger partial charge is 0.226 e. The molecular formula is C21H20N6O2S. The van der Waals surface area contributed by atoms with Crippen LogP contribution in [0.4, 0.5) is 11.9 Å². The number of nitrogens with zero attached hydrogens (tertiary/aromatic N) is 5. The van der Waals surface area contributed by atoms with Crippen LogP contribution in [0, 0.1) is 0 Å². The van der Waals surface area contributed by atoms with E-state index >= 15 is 0 Å². The summed E-state index contributed by atoms with van der Waals surface area (Å²) in [6.45, 7) is 3.46. The fraction of sp³-hybridized carbons (Fsp3) is 0.238. The van der Waals surface area contributed by atoms with E-state index in [1.807, 2.05) is 35.8 Å². The normalized spacial score (nSPS) is 14.1. The van der Waals surface area contributed by atoms with Crippen LogP contribution in [-0.4, -0.2) is 46.2 Å². The Morgan fingerprint density at radius 3 is 2.80 bits per heavy atom. The molecule has 0 saturated carbocycles. The number of nitrogens with one attached hydrogen (secondary N) is 1. The van der Waals surface area contributed by atoms with Gasteiger partial charge < -0.3 is 19.4 Å². The first kappa shape index (κ1) is 18.7. The lowest BCUT2D eigenvalue weighted by Crippen LogP contribution is -2.37. The van der Waals surface area contributed by atoms with E-state index < -0.39 is 0 Å². The second-order valence-electron chi connectivity index (χ2n) is 6.71. The minimum Gasteiger partial charge on any atom is -0.467 e. The molecule has 5 rings (SSSR count). The number of morpholine rings is 1. The Morgan fingerprint density at radius 1 is 1.07 bits per heavy atom. The van der Waals surface area contributed by atoms with Gasteiger partial charge >= 0.3 is 0 Å². The third kappa shape index (κ3) is 4.03. The third-order valence-corrected chi connectivity index (χ3v) is 5.63. The highest BCUT2D eigenvalue weighted by Gasteiger charge is 2.18. The van der Waals surface area contributed by atoms with Crippen molar-refractivity contribution in [2.75, 3.05) is 36.5 Å². The topological polar surface area (TPSA) is 89.2 Å². The summed E-state index contributed by atoms with van der Waals surface area (Å²) < 4.78 is 10.8. The van der Waals surface area contributed by atoms with Crippen molar-refractivity contribution in [1.29, 1.82) is 0 Å². The van der Waals surface area contributed by atoms with Gasteiger partial charge in [0.05, 0.1) is 42.3 Å². The lowest BCUT2D eigenvalue weighted by Gasteiger charge is -2.26. The predicted molar refractivity (Wildman–Crippen MR) is 115 cm³/mol. The Bertz CT molecular complexity index is 1090. The van der Waals surface area contributed by atoms with Gasteiger partial charge in [0.15, 0.2) is 0 Å². The van der Waals surface area contributed by atoms with E-state index in [0.29, 0.717) is 31.7 Å². The van der Waals surface area contributed by atoms with E-state index in [1.54, 1.807) is 23.8 Å². The molecule has 0 unspecified atom stereocenters. The van der Waals surface area contributed by atoms with Gasteiger partial charge in [-0.15, -0.1) is 11.3 Å². The summed E-state index contributed by atoms with van der Waals surface area (Å²) in [5.41, 5.74) is 2.51. The highest BCUT2D eigenvalue weighted by Crippen LogP contribution is 2.33. The highest BCUT2D eigenvalue weighted by molar-refractivity contribution is 7.13. The SMILES string of the molecule is c1coc(CNc2ncc(-c3ccnc(N4CCOCC4)n3)c(-c3cccs3)n2)c1. The van der Waals surface area contributed by atoms with Crippen molar-refractivity contribution >= 4 is 23.2 Å². The molecule has 1 fully saturated rings. The van der Waals surface area contributed by atoms with Gasteiger partial charge in [-0.2, -0.15) is 0 Å². The molecule has 0 aromatic carbocycles. The van der Waals surface area contributed by atoms with Gasteiger partial charge in [-0.05, 0) is 29.6 Å². The average molecular weight is 420 g/mol. The number of ether oxygens (including phenoxy) is 1. The standard InChI is InChI=1S/C21H20N6O2S/c1-3-15(29-9-1)13-23-20-24-14-16(19(26-20)18-4-2-12-30-18)17-5-6-22-21(25-17)27-7-10-28-11-8-27/h1-6,9,12,14H,7-8,10-11,13H2,(H,23,24,26). The van der Waals surface area contributed by atoms with E-state index in [2.05, 4.69) is 26.3 Å². The van der Waals surface area contributed by atoms with Gasteiger partial charge in [0.2, 0.25) is 11.9 Å². The molecule has 0 amide bonds. The zero-order valence-electron chi connectivity index (χ0n) is 16.2. The van der Waals surface area contributed by atoms with Gasteiger partial charge in [0, 0.05) is 31.0 Å². The predicted octanol–water partition coefficient (Wildman–Crippen LogP) is 3.70. The molecule has 9 heteroatoms. The first-order valence-electron chi connectivity index (χ1n) is 9.70. The minimum atomic E-state index is 0.519. The Morgan fingerprint density at radius 2 is 2.00 bits per heavy atom. The highest BCUT2D eigenvalue weighted by atomic mass is 32.1. The molecule has 30 heavy (non-hydrogen) atoms. The number of aromatic nitrogens is 4. The summed E-state index contributed by atoms with van der Waals surface area (Å²) in [7, 11) is 0. The van der Waals surface area contributed by atoms with E-state index in [0.717, 1.165) is 40.7 Å². The van der Waals surface area contributed by atoms with Crippen LogP contribution in [0.15, 0.2) is 58.8 Å². The van der Waals surface area contributed by atoms with Crippen LogP contribution in [0.5, 0.6) is 0 Å². The summed E-state index contributed by atoms with van der Waals surface area (Å²) in [6.07, 6.45) is 5.26. The third-order valence-electron chi connectivity index (χ3n) is 4.76. The zero-order chi connectivity index (χ0) is 20.2. The summed E-state index contributed by atoms with van der Waals surface area (Å²) in [5, 5.41) is 5.26. The molecule has 4 aromatic rings. The molecule has 0 bridgehead atoms. The molecule has 0 aliphatic carbocycles. The van der Waals surface area contributed by atoms with Gasteiger partial charge in [-0.3, -0.25) is 0 Å². The van der Waals surface area contributed by atoms with Crippen molar-refractivity contribution in [3.63, 3.8) is 0 Å². The van der Waals surface area contributed by atoms with Gasteiger partial charge in [-0.25, -0.2) is 19.9 Å². The van der Waals surface area contributed by atoms with Crippen LogP contribution < -0.4 is 10.2 Å². The first-order chi connectivity index (χ1) is 14.9. The number of rotatable bonds is 6. The molecule has 0 atom stereocenters. The molecule has 4 aromatic heterocycles. The van der Waals surface area contributed by atoms with Gasteiger partial charge in [0.25, 0.3) is 0 Å². The fourth-order valence-corrected chi connectivity index (χ4v) is 3.98. The molecular weight excluding hydrogens is 400 g/mol. The van der Waals surface area contributed by atoms with Crippen molar-refractivity contribution in [3.05, 3.63) is 60.1 Å². The monoisotopic (exact) mass is 420 g/mol. The lowest BCUT2D eigenvalue weighted by molar-refractivity contribution is 0.122. The van der Waals surface area contributed by atoms with Crippen LogP contribution in [0.2, 0.25) is 0 Å². The lowest BCUT2D eigenvalue weighted by atomic mass is 10.1. The van der Waals surface area contributed by atoms with E-state index in [-0.39, 0.29) is 0 Å². The second kappa shape index (κ2) is 8.60. The van der Waals surface area contributed by atoms with Gasteiger partial charge in [0.1, 0.15) is 5.76 Å². The number of hydrogen-bond acceptors (Lipinski definition) is 9. The van der Waals surface area contributed by atoms with Crippen molar-refractivity contribution in [2.45, 2.75) is 6.54 Å². The largest absolute Gasteiger partial charge is 0.467 e. The maximum Gasteiger partial charge on any atom is 0.226 e. The number of anilines is 2. The molecule has 0 spiro atoms. The first-order valence-corrected chi connectivity index (χ1v) is 10.6. The number of hydrogen-bond donors (Lipinski definition) is 1. The summed E-state index contributed by atoms with van der Waals surface area (Å²) in [4.78, 5) is 21.7. The zero-order valence-corrected chi connectivity index (χ0v) is 17.0. The molecule has 0 radical (unpaired) electrons. The molecule has 8 nitrogen and oxygen atoms in total. The molecule has 5 heterocycles. The van der Waals surface area contributed by atoms with Crippen LogP contribution in [0.1, 0.15) is 5.76 Å². The van der Waals surface area contributed by atoms with Crippen LogP contribution in [0.25, 0.3) is 21.8 Å². The van der Waals surface area contributed by atoms with E-state index in [1.165, 1.54) is 0 Å². The summed E-state index contributed by atoms with van der Waals surface area (Å²) in [5.74, 6) is 2.07. The van der Waals surface area contributed by atoms with Crippen molar-refractivity contribution in [1.82, 2.24) is 19.9 Å². The Kier molecular flexibility index (Phi) is 5.36. The Hall–Kier alpha value is -3.30. The van der Waals surface area contributed by atoms with Gasteiger partial charge in [-0.1, -0.05) is 6.07 Å². The minimum absolute atomic E-state index is 0.519. The van der Waals surface area contributed by atoms with Crippen molar-refractivity contribution in [3.8, 4) is 21.8 Å². The molecule has 1 aliphatic heterocycles. The van der Waals surface area contributed by atoms with Crippen molar-refractivity contribution < 1.29 is 9.15 Å². The van der Waals surface area contributed by atoms with Crippen molar-refractivity contribution in [2.24, 2.45) is 0 Å². The van der Waals surface area contributed by atoms with Crippen LogP contribution in [-0.2, 0) is 11.3 Å². The average Bonchev–Trinajstić information content (AvgIpc) is 3.53. The maximum atomic E-state index is 5.44. The quantitative estimate of drug-likeness (QED) is 0.505. The number of furan rings is 1.